The molecule has 146 valence electrons. The Labute approximate surface area is 170 Å². The molecule has 1 unspecified atom stereocenters. The molecule has 4 rings (SSSR count). The molecule has 1 aliphatic heterocycles. The lowest BCUT2D eigenvalue weighted by Crippen LogP contribution is -2.38. The normalized spacial score (nSPS) is 28.2. The quantitative estimate of drug-likeness (QED) is 0.686. The second-order valence-corrected chi connectivity index (χ2v) is 7.59. The Morgan fingerprint density at radius 3 is 1.96 bits per heavy atom. The fraction of sp³-hybridized carbons (Fsp3) is 0.300. The fourth-order valence-corrected chi connectivity index (χ4v) is 3.51. The first-order chi connectivity index (χ1) is 13.4. The number of carbonyl (C=O) groups is 2. The van der Waals surface area contributed by atoms with Gasteiger partial charge in [-0.25, -0.2) is 14.0 Å². The Morgan fingerprint density at radius 1 is 0.929 bits per heavy atom. The van der Waals surface area contributed by atoms with Crippen molar-refractivity contribution in [3.63, 3.8) is 0 Å². The topological polar surface area (TPSA) is 61.8 Å². The summed E-state index contributed by atoms with van der Waals surface area (Å²) in [6.45, 7) is -0.229. The molecule has 2 aromatic carbocycles. The summed E-state index contributed by atoms with van der Waals surface area (Å²) in [5.41, 5.74) is -0.589. The van der Waals surface area contributed by atoms with Gasteiger partial charge < -0.3 is 14.2 Å². The molecule has 28 heavy (non-hydrogen) atoms. The Hall–Kier alpha value is -2.15. The van der Waals surface area contributed by atoms with Crippen molar-refractivity contribution in [2.75, 3.05) is 6.61 Å². The van der Waals surface area contributed by atoms with E-state index in [0.29, 0.717) is 15.6 Å². The second-order valence-electron chi connectivity index (χ2n) is 6.72. The van der Waals surface area contributed by atoms with Crippen molar-refractivity contribution in [2.24, 2.45) is 0 Å². The molecule has 0 amide bonds. The smallest absolute Gasteiger partial charge is 0.338 e. The van der Waals surface area contributed by atoms with Gasteiger partial charge in [0.15, 0.2) is 12.3 Å². The molecule has 0 aromatic heterocycles. The molecule has 1 spiro atoms. The van der Waals surface area contributed by atoms with E-state index in [-0.39, 0.29) is 18.6 Å². The lowest BCUT2D eigenvalue weighted by molar-refractivity contribution is -0.0406. The minimum Gasteiger partial charge on any atom is -0.455 e. The maximum Gasteiger partial charge on any atom is 0.338 e. The van der Waals surface area contributed by atoms with Crippen LogP contribution in [0.5, 0.6) is 0 Å². The summed E-state index contributed by atoms with van der Waals surface area (Å²) in [4.78, 5) is 24.6. The predicted molar refractivity (Wildman–Crippen MR) is 99.5 cm³/mol. The third-order valence-electron chi connectivity index (χ3n) is 4.85. The number of hydrogen-bond donors (Lipinski definition) is 0. The van der Waals surface area contributed by atoms with Crippen molar-refractivity contribution < 1.29 is 28.2 Å². The monoisotopic (exact) mass is 424 g/mol. The van der Waals surface area contributed by atoms with Crippen LogP contribution in [0.4, 0.5) is 4.39 Å². The van der Waals surface area contributed by atoms with E-state index in [1.54, 1.807) is 24.3 Å². The summed E-state index contributed by atoms with van der Waals surface area (Å²) in [7, 11) is 0. The molecule has 0 radical (unpaired) electrons. The number of carbonyl (C=O) groups excluding carboxylic acids is 2. The van der Waals surface area contributed by atoms with Crippen molar-refractivity contribution in [3.05, 3.63) is 69.7 Å². The van der Waals surface area contributed by atoms with E-state index >= 15 is 0 Å². The number of esters is 2. The molecule has 0 N–H and O–H groups in total. The molecular weight excluding hydrogens is 410 g/mol. The van der Waals surface area contributed by atoms with Crippen molar-refractivity contribution in [2.45, 2.75) is 30.4 Å². The molecule has 4 atom stereocenters. The van der Waals surface area contributed by atoms with Crippen LogP contribution in [0.1, 0.15) is 27.1 Å². The van der Waals surface area contributed by atoms with E-state index in [1.807, 2.05) is 0 Å². The molecule has 1 aliphatic carbocycles. The maximum atomic E-state index is 14.4. The average Bonchev–Trinajstić information content (AvgIpc) is 3.28. The number of hydrogen-bond acceptors (Lipinski definition) is 5. The van der Waals surface area contributed by atoms with Gasteiger partial charge in [-0.1, -0.05) is 23.2 Å². The number of rotatable bonds is 4. The predicted octanol–water partition coefficient (Wildman–Crippen LogP) is 4.26. The molecule has 1 saturated carbocycles. The molecule has 5 nitrogen and oxygen atoms in total. The average molecular weight is 425 g/mol. The van der Waals surface area contributed by atoms with Gasteiger partial charge in [0.2, 0.25) is 0 Å². The number of halogens is 3. The second kappa shape index (κ2) is 7.35. The summed E-state index contributed by atoms with van der Waals surface area (Å²) < 4.78 is 30.7. The van der Waals surface area contributed by atoms with Crippen LogP contribution in [-0.4, -0.2) is 42.5 Å². The van der Waals surface area contributed by atoms with Gasteiger partial charge in [-0.2, -0.15) is 0 Å². The molecule has 2 aromatic rings. The zero-order valence-electron chi connectivity index (χ0n) is 14.4. The summed E-state index contributed by atoms with van der Waals surface area (Å²) in [6.07, 6.45) is -3.10. The molecule has 2 fully saturated rings. The summed E-state index contributed by atoms with van der Waals surface area (Å²) >= 11 is 11.6. The summed E-state index contributed by atoms with van der Waals surface area (Å²) in [5.74, 6) is -1.27. The summed E-state index contributed by atoms with van der Waals surface area (Å²) in [5, 5.41) is 0.963. The Bertz CT molecular complexity index is 902. The third-order valence-corrected chi connectivity index (χ3v) is 5.36. The SMILES string of the molecule is O=C(O[C@@H]1CC12OC[C@@H](F)[C@@H]2OC(=O)c1ccc(Cl)cc1)c1ccc(Cl)cc1. The van der Waals surface area contributed by atoms with Crippen LogP contribution in [0, 0.1) is 0 Å². The Balaban J connectivity index is 1.44. The number of ether oxygens (including phenoxy) is 3. The van der Waals surface area contributed by atoms with Gasteiger partial charge in [0.25, 0.3) is 0 Å². The van der Waals surface area contributed by atoms with E-state index in [9.17, 15) is 14.0 Å². The van der Waals surface area contributed by atoms with Crippen LogP contribution < -0.4 is 0 Å². The highest BCUT2D eigenvalue weighted by Crippen LogP contribution is 2.52. The first-order valence-electron chi connectivity index (χ1n) is 8.60. The van der Waals surface area contributed by atoms with Crippen LogP contribution in [0.25, 0.3) is 0 Å². The Kier molecular flexibility index (Phi) is 5.04. The highest BCUT2D eigenvalue weighted by molar-refractivity contribution is 6.31. The van der Waals surface area contributed by atoms with Gasteiger partial charge >= 0.3 is 11.9 Å². The van der Waals surface area contributed by atoms with Gasteiger partial charge in [-0.05, 0) is 48.5 Å². The van der Waals surface area contributed by atoms with Gasteiger partial charge in [-0.15, -0.1) is 0 Å². The van der Waals surface area contributed by atoms with Crippen LogP contribution in [0.3, 0.4) is 0 Å². The van der Waals surface area contributed by atoms with E-state index in [4.69, 9.17) is 37.4 Å². The molecule has 2 aliphatic rings. The van der Waals surface area contributed by atoms with Gasteiger partial charge in [-0.3, -0.25) is 0 Å². The lowest BCUT2D eigenvalue weighted by Gasteiger charge is -2.20. The molecule has 1 heterocycles. The zero-order chi connectivity index (χ0) is 19.9. The highest BCUT2D eigenvalue weighted by atomic mass is 35.5. The molecular formula is C20H15Cl2FO5. The first kappa shape index (κ1) is 19.2. The van der Waals surface area contributed by atoms with E-state index < -0.39 is 35.9 Å². The van der Waals surface area contributed by atoms with Crippen molar-refractivity contribution in [1.29, 1.82) is 0 Å². The van der Waals surface area contributed by atoms with Crippen LogP contribution in [0.2, 0.25) is 10.0 Å². The largest absolute Gasteiger partial charge is 0.455 e. The van der Waals surface area contributed by atoms with E-state index in [0.717, 1.165) is 0 Å². The standard InChI is InChI=1S/C20H15Cl2FO5/c21-13-5-1-11(2-6-13)18(24)27-16-9-20(16)17(15(23)10-26-20)28-19(25)12-3-7-14(22)8-4-12/h1-8,15-17H,9-10H2/t15-,16-,17+,20?/m1/s1. The zero-order valence-corrected chi connectivity index (χ0v) is 16.0. The van der Waals surface area contributed by atoms with Gasteiger partial charge in [0.1, 0.15) is 11.7 Å². The maximum absolute atomic E-state index is 14.4. The van der Waals surface area contributed by atoms with Crippen LogP contribution in [-0.2, 0) is 14.2 Å². The number of alkyl halides is 1. The van der Waals surface area contributed by atoms with Gasteiger partial charge in [0, 0.05) is 16.5 Å². The van der Waals surface area contributed by atoms with E-state index in [1.165, 1.54) is 24.3 Å². The highest BCUT2D eigenvalue weighted by Gasteiger charge is 2.71. The minimum atomic E-state index is -1.50. The minimum absolute atomic E-state index is 0.229. The van der Waals surface area contributed by atoms with Crippen LogP contribution in [0.15, 0.2) is 48.5 Å². The van der Waals surface area contributed by atoms with E-state index in [2.05, 4.69) is 0 Å². The van der Waals surface area contributed by atoms with Crippen molar-refractivity contribution >= 4 is 35.1 Å². The molecule has 1 saturated heterocycles. The molecule has 8 heteroatoms. The fourth-order valence-electron chi connectivity index (χ4n) is 3.26. The lowest BCUT2D eigenvalue weighted by atomic mass is 10.1. The van der Waals surface area contributed by atoms with Crippen molar-refractivity contribution in [1.82, 2.24) is 0 Å². The van der Waals surface area contributed by atoms with Crippen LogP contribution >= 0.6 is 23.2 Å². The summed E-state index contributed by atoms with van der Waals surface area (Å²) in [6, 6.07) is 12.3. The number of benzene rings is 2. The first-order valence-corrected chi connectivity index (χ1v) is 9.36. The Morgan fingerprint density at radius 2 is 1.43 bits per heavy atom. The van der Waals surface area contributed by atoms with Crippen molar-refractivity contribution in [3.8, 4) is 0 Å². The third kappa shape index (κ3) is 3.60. The molecule has 0 bridgehead atoms. The van der Waals surface area contributed by atoms with Gasteiger partial charge in [0.05, 0.1) is 17.7 Å².